The van der Waals surface area contributed by atoms with Gasteiger partial charge in [-0.15, -0.1) is 24.0 Å². The lowest BCUT2D eigenvalue weighted by atomic mass is 9.74. The van der Waals surface area contributed by atoms with Crippen molar-refractivity contribution in [3.8, 4) is 5.75 Å². The molecular weight excluding hydrogens is 481 g/mol. The van der Waals surface area contributed by atoms with Gasteiger partial charge in [-0.05, 0) is 57.2 Å². The lowest BCUT2D eigenvalue weighted by Crippen LogP contribution is -2.41. The molecule has 166 valence electrons. The maximum Gasteiger partial charge on any atom is 0.191 e. The van der Waals surface area contributed by atoms with Crippen molar-refractivity contribution < 1.29 is 14.2 Å². The van der Waals surface area contributed by atoms with E-state index in [0.717, 1.165) is 83.5 Å². The maximum atomic E-state index is 5.64. The summed E-state index contributed by atoms with van der Waals surface area (Å²) in [5.74, 6) is 1.77. The van der Waals surface area contributed by atoms with E-state index in [1.165, 1.54) is 5.56 Å². The number of unbranched alkanes of at least 4 members (excludes halogenated alkanes) is 1. The molecule has 0 saturated carbocycles. The van der Waals surface area contributed by atoms with Gasteiger partial charge in [0.15, 0.2) is 5.96 Å². The first-order valence-electron chi connectivity index (χ1n) is 10.6. The van der Waals surface area contributed by atoms with E-state index in [2.05, 4.69) is 29.7 Å². The minimum atomic E-state index is 0. The van der Waals surface area contributed by atoms with Crippen molar-refractivity contribution in [2.75, 3.05) is 53.2 Å². The van der Waals surface area contributed by atoms with Crippen LogP contribution in [0.2, 0.25) is 0 Å². The third kappa shape index (κ3) is 8.68. The monoisotopic (exact) mass is 519 g/mol. The second kappa shape index (κ2) is 14.8. The molecule has 1 heterocycles. The zero-order valence-corrected chi connectivity index (χ0v) is 20.5. The van der Waals surface area contributed by atoms with E-state index in [0.29, 0.717) is 0 Å². The fraction of sp³-hybridized carbons (Fsp3) is 0.682. The van der Waals surface area contributed by atoms with Crippen molar-refractivity contribution in [1.29, 1.82) is 0 Å². The van der Waals surface area contributed by atoms with Gasteiger partial charge in [-0.1, -0.05) is 12.1 Å². The summed E-state index contributed by atoms with van der Waals surface area (Å²) < 4.78 is 16.4. The predicted molar refractivity (Wildman–Crippen MR) is 130 cm³/mol. The minimum absolute atomic E-state index is 0. The number of hydrogen-bond acceptors (Lipinski definition) is 4. The summed E-state index contributed by atoms with van der Waals surface area (Å²) in [7, 11) is 1.70. The molecule has 0 spiro atoms. The third-order valence-corrected chi connectivity index (χ3v) is 5.25. The number of methoxy groups -OCH3 is 1. The molecule has 2 N–H and O–H groups in total. The van der Waals surface area contributed by atoms with Crippen LogP contribution in [0.25, 0.3) is 0 Å². The first-order chi connectivity index (χ1) is 13.7. The molecule has 0 amide bonds. The van der Waals surface area contributed by atoms with Crippen LogP contribution in [0.4, 0.5) is 0 Å². The van der Waals surface area contributed by atoms with Gasteiger partial charge < -0.3 is 24.8 Å². The van der Waals surface area contributed by atoms with Gasteiger partial charge in [-0.25, -0.2) is 0 Å². The summed E-state index contributed by atoms with van der Waals surface area (Å²) in [6.45, 7) is 9.80. The number of nitrogens with zero attached hydrogens (tertiary/aromatic N) is 1. The van der Waals surface area contributed by atoms with Crippen LogP contribution in [0.1, 0.15) is 45.1 Å². The van der Waals surface area contributed by atoms with Crippen LogP contribution < -0.4 is 15.4 Å². The Hall–Kier alpha value is -1.06. The Bertz CT molecular complexity index is 575. The second-order valence-corrected chi connectivity index (χ2v) is 7.15. The van der Waals surface area contributed by atoms with E-state index < -0.39 is 0 Å². The first-order valence-corrected chi connectivity index (χ1v) is 10.6. The highest BCUT2D eigenvalue weighted by molar-refractivity contribution is 14.0. The van der Waals surface area contributed by atoms with Crippen LogP contribution in [0.5, 0.6) is 5.75 Å². The van der Waals surface area contributed by atoms with Crippen LogP contribution in [-0.4, -0.2) is 59.1 Å². The summed E-state index contributed by atoms with van der Waals surface area (Å²) in [6, 6.07) is 8.43. The molecule has 1 fully saturated rings. The minimum Gasteiger partial charge on any atom is -0.497 e. The highest BCUT2D eigenvalue weighted by Gasteiger charge is 2.34. The molecule has 1 saturated heterocycles. The van der Waals surface area contributed by atoms with E-state index in [1.54, 1.807) is 7.11 Å². The van der Waals surface area contributed by atoms with Crippen LogP contribution in [-0.2, 0) is 14.9 Å². The van der Waals surface area contributed by atoms with Gasteiger partial charge in [-0.2, -0.15) is 0 Å². The molecule has 0 unspecified atom stereocenters. The lowest BCUT2D eigenvalue weighted by Gasteiger charge is -2.36. The molecule has 6 nitrogen and oxygen atoms in total. The Morgan fingerprint density at radius 1 is 1.10 bits per heavy atom. The van der Waals surface area contributed by atoms with Crippen LogP contribution in [0.15, 0.2) is 29.3 Å². The molecule has 0 aliphatic carbocycles. The largest absolute Gasteiger partial charge is 0.497 e. The topological polar surface area (TPSA) is 64.1 Å². The number of ether oxygens (including phenoxy) is 3. The van der Waals surface area contributed by atoms with E-state index >= 15 is 0 Å². The first kappa shape index (κ1) is 26.0. The Labute approximate surface area is 193 Å². The molecule has 0 atom stereocenters. The fourth-order valence-electron chi connectivity index (χ4n) is 3.50. The number of benzene rings is 1. The Kier molecular flexibility index (Phi) is 13.3. The number of aliphatic imine (C=N–C) groups is 1. The Morgan fingerprint density at radius 2 is 1.83 bits per heavy atom. The highest BCUT2D eigenvalue weighted by Crippen LogP contribution is 2.36. The zero-order chi connectivity index (χ0) is 20.1. The van der Waals surface area contributed by atoms with Gasteiger partial charge in [0, 0.05) is 44.9 Å². The molecule has 0 bridgehead atoms. The molecule has 29 heavy (non-hydrogen) atoms. The molecule has 1 aliphatic heterocycles. The quantitative estimate of drug-likeness (QED) is 0.202. The SMILES string of the molecule is CCNC(=NCC1(c2ccc(OC)cc2)CCOCC1)NCCCCOCC.I. The summed E-state index contributed by atoms with van der Waals surface area (Å²) in [6.07, 6.45) is 4.10. The van der Waals surface area contributed by atoms with Crippen molar-refractivity contribution in [2.24, 2.45) is 4.99 Å². The molecule has 1 aliphatic rings. The summed E-state index contributed by atoms with van der Waals surface area (Å²) in [5, 5.41) is 6.82. The van der Waals surface area contributed by atoms with Crippen molar-refractivity contribution in [2.45, 2.75) is 44.9 Å². The van der Waals surface area contributed by atoms with Gasteiger partial charge in [-0.3, -0.25) is 4.99 Å². The number of guanidine groups is 1. The third-order valence-electron chi connectivity index (χ3n) is 5.25. The number of rotatable bonds is 11. The van der Waals surface area contributed by atoms with Gasteiger partial charge in [0.25, 0.3) is 0 Å². The molecule has 7 heteroatoms. The molecule has 1 aromatic rings. The van der Waals surface area contributed by atoms with Gasteiger partial charge in [0.2, 0.25) is 0 Å². The predicted octanol–water partition coefficient (Wildman–Crippen LogP) is 3.73. The van der Waals surface area contributed by atoms with Gasteiger partial charge in [0.05, 0.1) is 13.7 Å². The smallest absolute Gasteiger partial charge is 0.191 e. The summed E-state index contributed by atoms with van der Waals surface area (Å²) in [4.78, 5) is 4.94. The fourth-order valence-corrected chi connectivity index (χ4v) is 3.50. The standard InChI is InChI=1S/C22H37N3O3.HI/c1-4-23-21(24-14-6-7-15-27-5-2)25-18-22(12-16-28-17-13-22)19-8-10-20(26-3)11-9-19;/h8-11H,4-7,12-18H2,1-3H3,(H2,23,24,25);1H. The summed E-state index contributed by atoms with van der Waals surface area (Å²) in [5.41, 5.74) is 1.33. The Balaban J connectivity index is 0.00000420. The molecule has 0 aromatic heterocycles. The highest BCUT2D eigenvalue weighted by atomic mass is 127. The average molecular weight is 519 g/mol. The molecule has 2 rings (SSSR count). The molecule has 0 radical (unpaired) electrons. The second-order valence-electron chi connectivity index (χ2n) is 7.15. The number of hydrogen-bond donors (Lipinski definition) is 2. The van der Waals surface area contributed by atoms with E-state index in [-0.39, 0.29) is 29.4 Å². The average Bonchev–Trinajstić information content (AvgIpc) is 2.75. The zero-order valence-electron chi connectivity index (χ0n) is 18.2. The molecule has 1 aromatic carbocycles. The van der Waals surface area contributed by atoms with Crippen molar-refractivity contribution in [1.82, 2.24) is 10.6 Å². The van der Waals surface area contributed by atoms with Crippen LogP contribution in [0.3, 0.4) is 0 Å². The van der Waals surface area contributed by atoms with Crippen molar-refractivity contribution in [3.63, 3.8) is 0 Å². The van der Waals surface area contributed by atoms with Gasteiger partial charge >= 0.3 is 0 Å². The number of halogens is 1. The normalized spacial score (nSPS) is 16.0. The van der Waals surface area contributed by atoms with Gasteiger partial charge in [0.1, 0.15) is 5.75 Å². The number of nitrogens with one attached hydrogen (secondary N) is 2. The molecular formula is C22H38IN3O3. The van der Waals surface area contributed by atoms with E-state index in [1.807, 2.05) is 19.1 Å². The summed E-state index contributed by atoms with van der Waals surface area (Å²) >= 11 is 0. The van der Waals surface area contributed by atoms with Crippen molar-refractivity contribution >= 4 is 29.9 Å². The Morgan fingerprint density at radius 3 is 2.45 bits per heavy atom. The van der Waals surface area contributed by atoms with Crippen LogP contribution in [0, 0.1) is 0 Å². The lowest BCUT2D eigenvalue weighted by molar-refractivity contribution is 0.0531. The van der Waals surface area contributed by atoms with E-state index in [9.17, 15) is 0 Å². The van der Waals surface area contributed by atoms with Crippen molar-refractivity contribution in [3.05, 3.63) is 29.8 Å². The van der Waals surface area contributed by atoms with Crippen LogP contribution >= 0.6 is 24.0 Å². The maximum absolute atomic E-state index is 5.64. The van der Waals surface area contributed by atoms with E-state index in [4.69, 9.17) is 19.2 Å².